The number of hydrogen-bond donors (Lipinski definition) is 0. The van der Waals surface area contributed by atoms with Crippen molar-refractivity contribution in [1.82, 2.24) is 8.87 Å². The molecule has 3 rings (SSSR count). The topological polar surface area (TPSA) is 42.3 Å². The Morgan fingerprint density at radius 1 is 1.09 bits per heavy atom. The smallest absolute Gasteiger partial charge is 0.246 e. The van der Waals surface area contributed by atoms with E-state index >= 15 is 0 Å². The number of halogens is 3. The van der Waals surface area contributed by atoms with Gasteiger partial charge in [-0.1, -0.05) is 0 Å². The van der Waals surface area contributed by atoms with Gasteiger partial charge in [0.05, 0.1) is 6.04 Å². The van der Waals surface area contributed by atoms with Crippen LogP contribution in [0.15, 0.2) is 35.4 Å². The Morgan fingerprint density at radius 2 is 1.82 bits per heavy atom. The Kier molecular flexibility index (Phi) is 3.53. The molecule has 0 saturated carbocycles. The lowest BCUT2D eigenvalue weighted by Crippen LogP contribution is -2.41. The average Bonchev–Trinajstić information content (AvgIpc) is 2.94. The van der Waals surface area contributed by atoms with Crippen molar-refractivity contribution in [2.45, 2.75) is 24.4 Å². The van der Waals surface area contributed by atoms with Gasteiger partial charge in [0.25, 0.3) is 0 Å². The second-order valence-corrected chi connectivity index (χ2v) is 6.95. The van der Waals surface area contributed by atoms with Gasteiger partial charge in [-0.15, -0.1) is 0 Å². The lowest BCUT2D eigenvalue weighted by atomic mass is 10.2. The minimum Gasteiger partial charge on any atom is -0.349 e. The third-order valence-corrected chi connectivity index (χ3v) is 5.86. The molecule has 1 aromatic heterocycles. The highest BCUT2D eigenvalue weighted by Crippen LogP contribution is 2.32. The van der Waals surface area contributed by atoms with E-state index in [0.717, 1.165) is 16.1 Å². The van der Waals surface area contributed by atoms with Crippen LogP contribution in [0.4, 0.5) is 13.2 Å². The molecule has 0 aliphatic carbocycles. The minimum atomic E-state index is -4.26. The van der Waals surface area contributed by atoms with E-state index in [1.54, 1.807) is 19.1 Å². The lowest BCUT2D eigenvalue weighted by molar-refractivity contribution is 0.281. The highest BCUT2D eigenvalue weighted by molar-refractivity contribution is 7.89. The molecule has 0 bridgehead atoms. The summed E-state index contributed by atoms with van der Waals surface area (Å²) in [5, 5.41) is 0. The Bertz CT molecular complexity index is 833. The molecule has 1 unspecified atom stereocenters. The van der Waals surface area contributed by atoms with Gasteiger partial charge < -0.3 is 4.57 Å². The van der Waals surface area contributed by atoms with Crippen LogP contribution in [0.3, 0.4) is 0 Å². The lowest BCUT2D eigenvalue weighted by Gasteiger charge is -2.33. The van der Waals surface area contributed by atoms with Gasteiger partial charge in [-0.05, 0) is 31.2 Å². The first kappa shape index (κ1) is 15.1. The van der Waals surface area contributed by atoms with Crippen LogP contribution in [0.25, 0.3) is 0 Å². The van der Waals surface area contributed by atoms with Crippen molar-refractivity contribution in [3.63, 3.8) is 0 Å². The van der Waals surface area contributed by atoms with Crippen LogP contribution in [0.5, 0.6) is 0 Å². The van der Waals surface area contributed by atoms with Gasteiger partial charge >= 0.3 is 0 Å². The zero-order valence-electron chi connectivity index (χ0n) is 11.6. The van der Waals surface area contributed by atoms with Crippen LogP contribution >= 0.6 is 0 Å². The van der Waals surface area contributed by atoms with Crippen LogP contribution in [-0.2, 0) is 16.6 Å². The fourth-order valence-electron chi connectivity index (χ4n) is 2.72. The van der Waals surface area contributed by atoms with E-state index in [1.807, 2.05) is 10.8 Å². The van der Waals surface area contributed by atoms with Gasteiger partial charge in [-0.3, -0.25) is 0 Å². The molecule has 1 aliphatic heterocycles. The molecule has 0 fully saturated rings. The molecule has 118 valence electrons. The van der Waals surface area contributed by atoms with Crippen molar-refractivity contribution in [3.05, 3.63) is 53.6 Å². The van der Waals surface area contributed by atoms with Crippen molar-refractivity contribution in [2.24, 2.45) is 0 Å². The van der Waals surface area contributed by atoms with Crippen LogP contribution in [-0.4, -0.2) is 23.8 Å². The Balaban J connectivity index is 2.07. The quantitative estimate of drug-likeness (QED) is 0.795. The average molecular weight is 330 g/mol. The number of fused-ring (bicyclic) bond motifs is 1. The van der Waals surface area contributed by atoms with Gasteiger partial charge in [0.1, 0.15) is 4.90 Å². The van der Waals surface area contributed by atoms with Crippen LogP contribution in [0.1, 0.15) is 18.7 Å². The van der Waals surface area contributed by atoms with Gasteiger partial charge in [0, 0.05) is 25.0 Å². The van der Waals surface area contributed by atoms with Gasteiger partial charge in [-0.25, -0.2) is 21.6 Å². The summed E-state index contributed by atoms with van der Waals surface area (Å²) in [6.07, 6.45) is 1.83. The van der Waals surface area contributed by atoms with E-state index in [1.165, 1.54) is 0 Å². The highest BCUT2D eigenvalue weighted by atomic mass is 32.2. The molecular formula is C14H13F3N2O2S. The molecule has 0 spiro atoms. The summed E-state index contributed by atoms with van der Waals surface area (Å²) in [6, 6.07) is 4.40. The zero-order chi connectivity index (χ0) is 16.1. The third kappa shape index (κ3) is 2.14. The van der Waals surface area contributed by atoms with Crippen molar-refractivity contribution in [3.8, 4) is 0 Å². The number of aromatic nitrogens is 1. The number of sulfonamides is 1. The van der Waals surface area contributed by atoms with E-state index in [-0.39, 0.29) is 6.54 Å². The summed E-state index contributed by atoms with van der Waals surface area (Å²) in [6.45, 7) is 2.21. The normalized spacial score (nSPS) is 19.2. The van der Waals surface area contributed by atoms with Gasteiger partial charge in [-0.2, -0.15) is 4.31 Å². The molecular weight excluding hydrogens is 317 g/mol. The predicted molar refractivity (Wildman–Crippen MR) is 73.1 cm³/mol. The van der Waals surface area contributed by atoms with E-state index < -0.39 is 38.4 Å². The van der Waals surface area contributed by atoms with Crippen molar-refractivity contribution in [1.29, 1.82) is 0 Å². The third-order valence-electron chi connectivity index (χ3n) is 3.87. The Labute approximate surface area is 125 Å². The molecule has 1 aromatic carbocycles. The number of benzene rings is 1. The van der Waals surface area contributed by atoms with Crippen molar-refractivity contribution in [2.75, 3.05) is 6.54 Å². The molecule has 4 nitrogen and oxygen atoms in total. The first-order valence-corrected chi connectivity index (χ1v) is 8.08. The molecule has 0 N–H and O–H groups in total. The first-order chi connectivity index (χ1) is 10.3. The summed E-state index contributed by atoms with van der Waals surface area (Å²) >= 11 is 0. The predicted octanol–water partition coefficient (Wildman–Crippen LogP) is 2.67. The number of nitrogens with zero attached hydrogens (tertiary/aromatic N) is 2. The highest BCUT2D eigenvalue weighted by Gasteiger charge is 2.36. The largest absolute Gasteiger partial charge is 0.349 e. The first-order valence-electron chi connectivity index (χ1n) is 6.64. The van der Waals surface area contributed by atoms with Crippen LogP contribution in [0, 0.1) is 17.5 Å². The Morgan fingerprint density at radius 3 is 2.55 bits per heavy atom. The van der Waals surface area contributed by atoms with E-state index in [2.05, 4.69) is 0 Å². The zero-order valence-corrected chi connectivity index (χ0v) is 12.4. The van der Waals surface area contributed by atoms with E-state index in [9.17, 15) is 21.6 Å². The van der Waals surface area contributed by atoms with Crippen LogP contribution < -0.4 is 0 Å². The molecule has 1 aliphatic rings. The van der Waals surface area contributed by atoms with Gasteiger partial charge in [0.2, 0.25) is 10.0 Å². The summed E-state index contributed by atoms with van der Waals surface area (Å²) in [7, 11) is -4.26. The second kappa shape index (κ2) is 5.13. The van der Waals surface area contributed by atoms with E-state index in [0.29, 0.717) is 12.6 Å². The second-order valence-electron chi connectivity index (χ2n) is 5.09. The molecule has 22 heavy (non-hydrogen) atoms. The fraction of sp³-hybridized carbons (Fsp3) is 0.286. The summed E-state index contributed by atoms with van der Waals surface area (Å²) < 4.78 is 68.4. The molecule has 1 atom stereocenters. The van der Waals surface area contributed by atoms with Crippen molar-refractivity contribution < 1.29 is 21.6 Å². The maximum atomic E-state index is 13.9. The molecule has 2 aromatic rings. The summed E-state index contributed by atoms with van der Waals surface area (Å²) in [5.41, 5.74) is 0.762. The molecule has 2 heterocycles. The number of rotatable bonds is 2. The Hall–Kier alpha value is -1.80. The van der Waals surface area contributed by atoms with E-state index in [4.69, 9.17) is 0 Å². The SMILES string of the molecule is CC1c2cccn2CCN1S(=O)(=O)c1ccc(F)c(F)c1F. The molecule has 0 radical (unpaired) electrons. The maximum absolute atomic E-state index is 13.9. The fourth-order valence-corrected chi connectivity index (χ4v) is 4.37. The summed E-state index contributed by atoms with van der Waals surface area (Å²) in [5.74, 6) is -4.89. The van der Waals surface area contributed by atoms with Gasteiger partial charge in [0.15, 0.2) is 17.5 Å². The minimum absolute atomic E-state index is 0.129. The molecule has 0 amide bonds. The standard InChI is InChI=1S/C14H13F3N2O2S/c1-9-11-3-2-6-18(11)7-8-19(9)22(20,21)12-5-4-10(15)13(16)14(12)17/h2-6,9H,7-8H2,1H3. The van der Waals surface area contributed by atoms with Crippen LogP contribution in [0.2, 0.25) is 0 Å². The molecule has 0 saturated heterocycles. The monoisotopic (exact) mass is 330 g/mol. The molecule has 8 heteroatoms. The summed E-state index contributed by atoms with van der Waals surface area (Å²) in [4.78, 5) is -0.849. The maximum Gasteiger partial charge on any atom is 0.246 e. The number of hydrogen-bond acceptors (Lipinski definition) is 2. The van der Waals surface area contributed by atoms with Crippen molar-refractivity contribution >= 4 is 10.0 Å².